The highest BCUT2D eigenvalue weighted by molar-refractivity contribution is 8.13. The van der Waals surface area contributed by atoms with Gasteiger partial charge < -0.3 is 10.2 Å². The van der Waals surface area contributed by atoms with Crippen LogP contribution in [0.1, 0.15) is 83.5 Å². The number of hydrogen-bond acceptors (Lipinski definition) is 3. The fourth-order valence-corrected chi connectivity index (χ4v) is 5.65. The topological polar surface area (TPSA) is 49.4 Å². The summed E-state index contributed by atoms with van der Waals surface area (Å²) in [5, 5.41) is 3.24. The summed E-state index contributed by atoms with van der Waals surface area (Å²) in [6.45, 7) is 0.954. The molecule has 0 spiro atoms. The molecule has 2 unspecified atom stereocenters. The molecule has 3 rings (SSSR count). The summed E-state index contributed by atoms with van der Waals surface area (Å²) in [6, 6.07) is 0.893. The second-order valence-electron chi connectivity index (χ2n) is 8.06. The predicted molar refractivity (Wildman–Crippen MR) is 104 cm³/mol. The Labute approximate surface area is 156 Å². The third kappa shape index (κ3) is 5.63. The molecule has 1 N–H and O–H groups in total. The molecule has 142 valence electrons. The van der Waals surface area contributed by atoms with Gasteiger partial charge in [-0.05, 0) is 50.9 Å². The highest BCUT2D eigenvalue weighted by Crippen LogP contribution is 2.35. The summed E-state index contributed by atoms with van der Waals surface area (Å²) in [5.74, 6) is 1.83. The van der Waals surface area contributed by atoms with Gasteiger partial charge in [0.05, 0.1) is 0 Å². The summed E-state index contributed by atoms with van der Waals surface area (Å²) >= 11 is 1.36. The molecule has 2 amide bonds. The maximum absolute atomic E-state index is 12.6. The molecule has 1 heterocycles. The third-order valence-electron chi connectivity index (χ3n) is 6.26. The van der Waals surface area contributed by atoms with Crippen molar-refractivity contribution >= 4 is 22.9 Å². The zero-order valence-corrected chi connectivity index (χ0v) is 16.3. The minimum absolute atomic E-state index is 0.102. The Morgan fingerprint density at radius 2 is 1.64 bits per heavy atom. The highest BCUT2D eigenvalue weighted by atomic mass is 32.2. The smallest absolute Gasteiger partial charge is 0.279 e. The van der Waals surface area contributed by atoms with Gasteiger partial charge in [0, 0.05) is 30.8 Å². The van der Waals surface area contributed by atoms with Crippen LogP contribution in [0.15, 0.2) is 0 Å². The van der Waals surface area contributed by atoms with Gasteiger partial charge in [-0.2, -0.15) is 0 Å². The first-order valence-corrected chi connectivity index (χ1v) is 11.5. The van der Waals surface area contributed by atoms with Gasteiger partial charge in [0.1, 0.15) is 0 Å². The van der Waals surface area contributed by atoms with Crippen LogP contribution >= 0.6 is 11.8 Å². The SMILES string of the molecule is O=C(NC1CCCCC1)SCCCC(=O)N1CCCC2CCCCC21. The monoisotopic (exact) mass is 366 g/mol. The van der Waals surface area contributed by atoms with E-state index in [2.05, 4.69) is 10.2 Å². The number of fused-ring (bicyclic) bond motifs is 1. The molecule has 3 fully saturated rings. The molecule has 2 saturated carbocycles. The number of piperidine rings is 1. The van der Waals surface area contributed by atoms with Crippen molar-refractivity contribution < 1.29 is 9.59 Å². The summed E-state index contributed by atoms with van der Waals surface area (Å²) in [5.41, 5.74) is 0. The van der Waals surface area contributed by atoms with E-state index < -0.39 is 0 Å². The molecular formula is C20H34N2O2S. The molecule has 5 heteroatoms. The van der Waals surface area contributed by atoms with Crippen LogP contribution in [0.4, 0.5) is 4.79 Å². The fraction of sp³-hybridized carbons (Fsp3) is 0.900. The average molecular weight is 367 g/mol. The first-order valence-electron chi connectivity index (χ1n) is 10.5. The Kier molecular flexibility index (Phi) is 7.50. The standard InChI is InChI=1S/C20H34N2O2S/c23-19(22-14-6-9-16-8-4-5-12-18(16)22)13-7-15-25-20(24)21-17-10-2-1-3-11-17/h16-18H,1-15H2,(H,21,24). The minimum atomic E-state index is 0.102. The van der Waals surface area contributed by atoms with Crippen molar-refractivity contribution in [3.63, 3.8) is 0 Å². The van der Waals surface area contributed by atoms with E-state index in [1.165, 1.54) is 69.5 Å². The molecule has 0 bridgehead atoms. The van der Waals surface area contributed by atoms with Gasteiger partial charge in [-0.15, -0.1) is 0 Å². The summed E-state index contributed by atoms with van der Waals surface area (Å²) in [7, 11) is 0. The molecule has 0 radical (unpaired) electrons. The van der Waals surface area contributed by atoms with Gasteiger partial charge in [-0.3, -0.25) is 9.59 Å². The Bertz CT molecular complexity index is 449. The molecular weight excluding hydrogens is 332 g/mol. The van der Waals surface area contributed by atoms with Crippen LogP contribution in [0.3, 0.4) is 0 Å². The van der Waals surface area contributed by atoms with Crippen LogP contribution in [0.2, 0.25) is 0 Å². The average Bonchev–Trinajstić information content (AvgIpc) is 2.65. The number of likely N-dealkylation sites (tertiary alicyclic amines) is 1. The van der Waals surface area contributed by atoms with Crippen LogP contribution in [-0.2, 0) is 4.79 Å². The van der Waals surface area contributed by atoms with Crippen molar-refractivity contribution in [2.24, 2.45) is 5.92 Å². The number of carbonyl (C=O) groups excluding carboxylic acids is 2. The summed E-state index contributed by atoms with van der Waals surface area (Å²) in [6.07, 6.45) is 15.1. The Balaban J connectivity index is 1.32. The van der Waals surface area contributed by atoms with E-state index >= 15 is 0 Å². The molecule has 25 heavy (non-hydrogen) atoms. The van der Waals surface area contributed by atoms with Gasteiger partial charge >= 0.3 is 0 Å². The highest BCUT2D eigenvalue weighted by Gasteiger charge is 2.35. The van der Waals surface area contributed by atoms with Crippen LogP contribution in [0.5, 0.6) is 0 Å². The van der Waals surface area contributed by atoms with Gasteiger partial charge in [0.15, 0.2) is 0 Å². The number of carbonyl (C=O) groups is 2. The molecule has 2 aliphatic carbocycles. The molecule has 0 aromatic heterocycles. The Morgan fingerprint density at radius 1 is 0.920 bits per heavy atom. The Morgan fingerprint density at radius 3 is 2.48 bits per heavy atom. The molecule has 1 saturated heterocycles. The van der Waals surface area contributed by atoms with Crippen molar-refractivity contribution in [1.29, 1.82) is 0 Å². The van der Waals surface area contributed by atoms with Crippen molar-refractivity contribution in [3.05, 3.63) is 0 Å². The number of nitrogens with one attached hydrogen (secondary N) is 1. The molecule has 2 atom stereocenters. The minimum Gasteiger partial charge on any atom is -0.344 e. The summed E-state index contributed by atoms with van der Waals surface area (Å²) < 4.78 is 0. The van der Waals surface area contributed by atoms with Crippen molar-refractivity contribution in [2.75, 3.05) is 12.3 Å². The first-order chi connectivity index (χ1) is 12.2. The number of rotatable bonds is 5. The number of thioether (sulfide) groups is 1. The van der Waals surface area contributed by atoms with Crippen LogP contribution in [0.25, 0.3) is 0 Å². The van der Waals surface area contributed by atoms with Crippen LogP contribution < -0.4 is 5.32 Å². The zero-order valence-electron chi connectivity index (χ0n) is 15.5. The number of amides is 2. The maximum atomic E-state index is 12.6. The largest absolute Gasteiger partial charge is 0.344 e. The van der Waals surface area contributed by atoms with Gasteiger partial charge in [-0.1, -0.05) is 43.9 Å². The lowest BCUT2D eigenvalue weighted by Gasteiger charge is -2.44. The molecule has 3 aliphatic rings. The quantitative estimate of drug-likeness (QED) is 0.716. The van der Waals surface area contributed by atoms with E-state index in [-0.39, 0.29) is 5.24 Å². The lowest BCUT2D eigenvalue weighted by Crippen LogP contribution is -2.49. The molecule has 4 nitrogen and oxygen atoms in total. The fourth-order valence-electron chi connectivity index (χ4n) is 4.92. The molecule has 0 aromatic carbocycles. The Hall–Kier alpha value is -0.710. The van der Waals surface area contributed by atoms with Gasteiger partial charge in [0.25, 0.3) is 5.24 Å². The second kappa shape index (κ2) is 9.84. The molecule has 0 aromatic rings. The van der Waals surface area contributed by atoms with E-state index in [0.29, 0.717) is 24.4 Å². The van der Waals surface area contributed by atoms with Gasteiger partial charge in [0.2, 0.25) is 5.91 Å². The van der Waals surface area contributed by atoms with Crippen molar-refractivity contribution in [1.82, 2.24) is 10.2 Å². The van der Waals surface area contributed by atoms with E-state index in [1.807, 2.05) is 0 Å². The van der Waals surface area contributed by atoms with Crippen LogP contribution in [-0.4, -0.2) is 40.4 Å². The normalized spacial score (nSPS) is 27.6. The third-order valence-corrected chi connectivity index (χ3v) is 7.13. The van der Waals surface area contributed by atoms with Crippen LogP contribution in [0, 0.1) is 5.92 Å². The van der Waals surface area contributed by atoms with Crippen molar-refractivity contribution in [3.8, 4) is 0 Å². The lowest BCUT2D eigenvalue weighted by atomic mass is 9.78. The predicted octanol–water partition coefficient (Wildman–Crippen LogP) is 4.72. The van der Waals surface area contributed by atoms with Crippen molar-refractivity contribution in [2.45, 2.75) is 95.6 Å². The van der Waals surface area contributed by atoms with Gasteiger partial charge in [-0.25, -0.2) is 0 Å². The van der Waals surface area contributed by atoms with E-state index in [0.717, 1.165) is 37.5 Å². The maximum Gasteiger partial charge on any atom is 0.279 e. The lowest BCUT2D eigenvalue weighted by molar-refractivity contribution is -0.137. The number of hydrogen-bond donors (Lipinski definition) is 1. The zero-order chi connectivity index (χ0) is 17.5. The first kappa shape index (κ1) is 19.1. The van der Waals surface area contributed by atoms with E-state index in [1.54, 1.807) is 0 Å². The molecule has 1 aliphatic heterocycles. The summed E-state index contributed by atoms with van der Waals surface area (Å²) in [4.78, 5) is 26.8. The van der Waals surface area contributed by atoms with E-state index in [4.69, 9.17) is 0 Å². The number of nitrogens with zero attached hydrogens (tertiary/aromatic N) is 1. The second-order valence-corrected chi connectivity index (χ2v) is 9.13. The van der Waals surface area contributed by atoms with E-state index in [9.17, 15) is 9.59 Å².